The standard InChI is InChI=1S/C28H27Cl2N5O2/c1-17-8-10-20(11-9-17)25-26(30)35-27(34-25)24(14-19-6-4-3-5-7-19)33-28(37)31-16-21-15-22(29)12-13-23(21)32-18(2)36/h3-13,15,24H,14,16H2,1-2H3,(H,32,36)(H,34,35)(H2,31,33,37)/t24-/m0/s1. The van der Waals surface area contributed by atoms with Gasteiger partial charge in [0.25, 0.3) is 0 Å². The molecule has 0 saturated heterocycles. The molecule has 1 atom stereocenters. The molecule has 0 aliphatic heterocycles. The molecule has 4 aromatic rings. The van der Waals surface area contributed by atoms with Gasteiger partial charge in [0, 0.05) is 29.7 Å². The highest BCUT2D eigenvalue weighted by atomic mass is 35.5. The van der Waals surface area contributed by atoms with Crippen molar-refractivity contribution in [2.45, 2.75) is 32.9 Å². The van der Waals surface area contributed by atoms with Crippen molar-refractivity contribution in [1.82, 2.24) is 20.6 Å². The van der Waals surface area contributed by atoms with E-state index in [-0.39, 0.29) is 12.5 Å². The smallest absolute Gasteiger partial charge is 0.315 e. The van der Waals surface area contributed by atoms with Crippen LogP contribution < -0.4 is 16.0 Å². The molecule has 1 aromatic heterocycles. The van der Waals surface area contributed by atoms with Crippen LogP contribution >= 0.6 is 23.2 Å². The summed E-state index contributed by atoms with van der Waals surface area (Å²) in [4.78, 5) is 32.4. The molecule has 1 heterocycles. The monoisotopic (exact) mass is 535 g/mol. The fraction of sp³-hybridized carbons (Fsp3) is 0.179. The molecule has 4 rings (SSSR count). The second kappa shape index (κ2) is 12.0. The van der Waals surface area contributed by atoms with Crippen molar-refractivity contribution in [3.63, 3.8) is 0 Å². The van der Waals surface area contributed by atoms with Gasteiger partial charge in [0.1, 0.15) is 16.7 Å². The Morgan fingerprint density at radius 2 is 1.73 bits per heavy atom. The second-order valence-electron chi connectivity index (χ2n) is 8.70. The topological polar surface area (TPSA) is 98.9 Å². The summed E-state index contributed by atoms with van der Waals surface area (Å²) in [6.07, 6.45) is 0.500. The first kappa shape index (κ1) is 26.3. The van der Waals surface area contributed by atoms with Crippen LogP contribution in [0.25, 0.3) is 11.3 Å². The van der Waals surface area contributed by atoms with Crippen LogP contribution in [0.1, 0.15) is 35.5 Å². The maximum Gasteiger partial charge on any atom is 0.315 e. The fourth-order valence-electron chi connectivity index (χ4n) is 3.91. The fourth-order valence-corrected chi connectivity index (χ4v) is 4.35. The van der Waals surface area contributed by atoms with Crippen LogP contribution in [0.15, 0.2) is 72.8 Å². The number of carbonyl (C=O) groups is 2. The molecule has 3 amide bonds. The maximum absolute atomic E-state index is 13.0. The largest absolute Gasteiger partial charge is 0.334 e. The van der Waals surface area contributed by atoms with Gasteiger partial charge in [0.15, 0.2) is 0 Å². The van der Waals surface area contributed by atoms with E-state index in [0.717, 1.165) is 16.7 Å². The minimum Gasteiger partial charge on any atom is -0.334 e. The number of amides is 3. The van der Waals surface area contributed by atoms with Crippen LogP contribution in [0, 0.1) is 6.92 Å². The number of urea groups is 1. The van der Waals surface area contributed by atoms with Gasteiger partial charge in [-0.15, -0.1) is 0 Å². The zero-order chi connectivity index (χ0) is 26.4. The summed E-state index contributed by atoms with van der Waals surface area (Å²) in [5.41, 5.74) is 4.93. The van der Waals surface area contributed by atoms with Crippen LogP contribution in [0.5, 0.6) is 0 Å². The average Bonchev–Trinajstić information content (AvgIpc) is 3.26. The number of nitrogens with zero attached hydrogens (tertiary/aromatic N) is 1. The van der Waals surface area contributed by atoms with Gasteiger partial charge in [-0.05, 0) is 42.7 Å². The van der Waals surface area contributed by atoms with E-state index in [1.807, 2.05) is 61.5 Å². The summed E-state index contributed by atoms with van der Waals surface area (Å²) in [5, 5.41) is 9.51. The lowest BCUT2D eigenvalue weighted by molar-refractivity contribution is -0.114. The number of H-pyrrole nitrogens is 1. The lowest BCUT2D eigenvalue weighted by Crippen LogP contribution is -2.39. The number of hydrogen-bond acceptors (Lipinski definition) is 3. The third kappa shape index (κ3) is 7.12. The molecule has 37 heavy (non-hydrogen) atoms. The number of halogens is 2. The first-order chi connectivity index (χ1) is 17.8. The lowest BCUT2D eigenvalue weighted by atomic mass is 10.1. The Morgan fingerprint density at radius 3 is 2.43 bits per heavy atom. The quantitative estimate of drug-likeness (QED) is 0.209. The highest BCUT2D eigenvalue weighted by molar-refractivity contribution is 6.32. The van der Waals surface area contributed by atoms with Gasteiger partial charge in [0.2, 0.25) is 5.91 Å². The predicted molar refractivity (Wildman–Crippen MR) is 148 cm³/mol. The predicted octanol–water partition coefficient (Wildman–Crippen LogP) is 6.43. The Kier molecular flexibility index (Phi) is 8.48. The van der Waals surface area contributed by atoms with Crippen LogP contribution in [0.4, 0.5) is 10.5 Å². The van der Waals surface area contributed by atoms with Crippen molar-refractivity contribution in [2.75, 3.05) is 5.32 Å². The Hall–Kier alpha value is -3.81. The van der Waals surface area contributed by atoms with E-state index in [1.165, 1.54) is 6.92 Å². The van der Waals surface area contributed by atoms with Gasteiger partial charge in [-0.3, -0.25) is 4.79 Å². The van der Waals surface area contributed by atoms with E-state index in [1.54, 1.807) is 18.2 Å². The van der Waals surface area contributed by atoms with Crippen LogP contribution in [-0.2, 0) is 17.8 Å². The molecule has 0 bridgehead atoms. The molecule has 190 valence electrons. The number of carbonyl (C=O) groups excluding carboxylic acids is 2. The Balaban J connectivity index is 1.54. The normalized spacial score (nSPS) is 11.6. The number of anilines is 1. The van der Waals surface area contributed by atoms with E-state index in [2.05, 4.69) is 20.9 Å². The van der Waals surface area contributed by atoms with E-state index in [9.17, 15) is 9.59 Å². The van der Waals surface area contributed by atoms with Crippen LogP contribution in [0.3, 0.4) is 0 Å². The van der Waals surface area contributed by atoms with Crippen molar-refractivity contribution in [3.8, 4) is 11.3 Å². The summed E-state index contributed by atoms with van der Waals surface area (Å²) >= 11 is 12.7. The van der Waals surface area contributed by atoms with Gasteiger partial charge in [-0.1, -0.05) is 83.4 Å². The molecule has 7 nitrogen and oxygen atoms in total. The summed E-state index contributed by atoms with van der Waals surface area (Å²) < 4.78 is 0. The molecule has 3 aromatic carbocycles. The number of aryl methyl sites for hydroxylation is 1. The summed E-state index contributed by atoms with van der Waals surface area (Å²) in [6, 6.07) is 21.9. The van der Waals surface area contributed by atoms with Gasteiger partial charge in [-0.2, -0.15) is 0 Å². The molecular formula is C28H27Cl2N5O2. The number of nitrogens with one attached hydrogen (secondary N) is 4. The number of aromatic amines is 1. The van der Waals surface area contributed by atoms with E-state index in [0.29, 0.717) is 39.4 Å². The minimum absolute atomic E-state index is 0.160. The van der Waals surface area contributed by atoms with Crippen LogP contribution in [-0.4, -0.2) is 21.9 Å². The number of hydrogen-bond donors (Lipinski definition) is 4. The zero-order valence-electron chi connectivity index (χ0n) is 20.4. The molecule has 9 heteroatoms. The molecule has 0 fully saturated rings. The molecule has 0 spiro atoms. The number of rotatable bonds is 8. The third-order valence-electron chi connectivity index (χ3n) is 5.74. The molecule has 0 radical (unpaired) electrons. The number of aromatic nitrogens is 2. The van der Waals surface area contributed by atoms with E-state index >= 15 is 0 Å². The van der Waals surface area contributed by atoms with Crippen molar-refractivity contribution in [1.29, 1.82) is 0 Å². The van der Waals surface area contributed by atoms with Crippen molar-refractivity contribution in [2.24, 2.45) is 0 Å². The van der Waals surface area contributed by atoms with Crippen LogP contribution in [0.2, 0.25) is 10.2 Å². The van der Waals surface area contributed by atoms with Gasteiger partial charge in [-0.25, -0.2) is 9.78 Å². The first-order valence-corrected chi connectivity index (χ1v) is 12.5. The second-order valence-corrected chi connectivity index (χ2v) is 9.52. The Labute approximate surface area is 225 Å². The maximum atomic E-state index is 13.0. The van der Waals surface area contributed by atoms with Crippen molar-refractivity contribution < 1.29 is 9.59 Å². The Bertz CT molecular complexity index is 1390. The highest BCUT2D eigenvalue weighted by Crippen LogP contribution is 2.29. The molecule has 0 unspecified atom stereocenters. The Morgan fingerprint density at radius 1 is 1.00 bits per heavy atom. The lowest BCUT2D eigenvalue weighted by Gasteiger charge is -2.18. The zero-order valence-corrected chi connectivity index (χ0v) is 22.0. The van der Waals surface area contributed by atoms with Gasteiger partial charge < -0.3 is 20.9 Å². The number of benzene rings is 3. The van der Waals surface area contributed by atoms with Gasteiger partial charge in [0.05, 0.1) is 6.04 Å². The average molecular weight is 536 g/mol. The summed E-state index contributed by atoms with van der Waals surface area (Å²) in [6.45, 7) is 3.60. The van der Waals surface area contributed by atoms with E-state index < -0.39 is 12.1 Å². The SMILES string of the molecule is CC(=O)Nc1ccc(Cl)cc1CNC(=O)N[C@@H](Cc1ccccc1)c1nc(-c2ccc(C)cc2)c(Cl)[nH]1. The minimum atomic E-state index is -0.478. The van der Waals surface area contributed by atoms with E-state index in [4.69, 9.17) is 28.2 Å². The summed E-state index contributed by atoms with van der Waals surface area (Å²) in [5.74, 6) is 0.330. The summed E-state index contributed by atoms with van der Waals surface area (Å²) in [7, 11) is 0. The highest BCUT2D eigenvalue weighted by Gasteiger charge is 2.22. The molecular weight excluding hydrogens is 509 g/mol. The first-order valence-electron chi connectivity index (χ1n) is 11.7. The van der Waals surface area contributed by atoms with Crippen molar-refractivity contribution >= 4 is 40.8 Å². The molecule has 0 saturated carbocycles. The van der Waals surface area contributed by atoms with Gasteiger partial charge >= 0.3 is 6.03 Å². The number of imidazole rings is 1. The molecule has 0 aliphatic carbocycles. The van der Waals surface area contributed by atoms with Crippen molar-refractivity contribution in [3.05, 3.63) is 105 Å². The third-order valence-corrected chi connectivity index (χ3v) is 6.25. The molecule has 4 N–H and O–H groups in total. The molecule has 0 aliphatic rings.